The predicted molar refractivity (Wildman–Crippen MR) is 144 cm³/mol. The highest BCUT2D eigenvalue weighted by molar-refractivity contribution is 7.92. The minimum absolute atomic E-state index is 0.0525. The van der Waals surface area contributed by atoms with Crippen molar-refractivity contribution in [3.8, 4) is 17.2 Å². The van der Waals surface area contributed by atoms with E-state index in [1.165, 1.54) is 11.1 Å². The predicted octanol–water partition coefficient (Wildman–Crippen LogP) is 3.48. The Hall–Kier alpha value is -3.27. The quantitative estimate of drug-likeness (QED) is 0.285. The van der Waals surface area contributed by atoms with Crippen molar-refractivity contribution >= 4 is 15.7 Å². The summed E-state index contributed by atoms with van der Waals surface area (Å²) in [7, 11) is -3.53. The lowest BCUT2D eigenvalue weighted by Crippen LogP contribution is -2.35. The first-order valence-corrected chi connectivity index (χ1v) is 14.3. The molecule has 0 heterocycles. The molecular formula is C28H34N2O6S. The van der Waals surface area contributed by atoms with Crippen LogP contribution in [0.5, 0.6) is 17.2 Å². The maximum atomic E-state index is 11.9. The molecule has 1 aliphatic rings. The number of aryl methyl sites for hydroxylation is 1. The lowest BCUT2D eigenvalue weighted by molar-refractivity contribution is 0.105. The Morgan fingerprint density at radius 3 is 2.62 bits per heavy atom. The van der Waals surface area contributed by atoms with E-state index in [2.05, 4.69) is 10.0 Å². The van der Waals surface area contributed by atoms with Crippen LogP contribution in [0.2, 0.25) is 0 Å². The molecule has 198 valence electrons. The zero-order valence-electron chi connectivity index (χ0n) is 20.9. The first kappa shape index (κ1) is 26.8. The summed E-state index contributed by atoms with van der Waals surface area (Å²) in [4.78, 5) is 0. The monoisotopic (exact) mass is 526 g/mol. The molecule has 3 aromatic carbocycles. The number of phenols is 1. The first-order chi connectivity index (χ1) is 17.7. The Kier molecular flexibility index (Phi) is 8.91. The van der Waals surface area contributed by atoms with Gasteiger partial charge in [-0.25, -0.2) is 8.42 Å². The van der Waals surface area contributed by atoms with Gasteiger partial charge >= 0.3 is 0 Å². The van der Waals surface area contributed by atoms with Gasteiger partial charge in [0.15, 0.2) is 0 Å². The van der Waals surface area contributed by atoms with E-state index in [9.17, 15) is 18.6 Å². The number of aromatic hydroxyl groups is 1. The van der Waals surface area contributed by atoms with Crippen LogP contribution in [0.1, 0.15) is 23.1 Å². The van der Waals surface area contributed by atoms with E-state index in [0.29, 0.717) is 29.7 Å². The van der Waals surface area contributed by atoms with Crippen LogP contribution >= 0.6 is 0 Å². The lowest BCUT2D eigenvalue weighted by Gasteiger charge is -2.25. The molecule has 0 amide bonds. The van der Waals surface area contributed by atoms with Crippen molar-refractivity contribution in [2.75, 3.05) is 30.7 Å². The van der Waals surface area contributed by atoms with Gasteiger partial charge in [0.25, 0.3) is 0 Å². The third kappa shape index (κ3) is 8.38. The summed E-state index contributed by atoms with van der Waals surface area (Å²) < 4.78 is 37.8. The fourth-order valence-electron chi connectivity index (χ4n) is 4.44. The van der Waals surface area contributed by atoms with Crippen LogP contribution in [0.25, 0.3) is 0 Å². The third-order valence-electron chi connectivity index (χ3n) is 6.26. The maximum absolute atomic E-state index is 11.9. The van der Waals surface area contributed by atoms with Gasteiger partial charge < -0.3 is 25.0 Å². The molecule has 1 unspecified atom stereocenters. The summed E-state index contributed by atoms with van der Waals surface area (Å²) in [6.07, 6.45) is 3.29. The number of anilines is 1. The smallest absolute Gasteiger partial charge is 0.229 e. The van der Waals surface area contributed by atoms with Gasteiger partial charge in [-0.05, 0) is 72.7 Å². The van der Waals surface area contributed by atoms with Gasteiger partial charge in [-0.2, -0.15) is 0 Å². The van der Waals surface area contributed by atoms with Gasteiger partial charge in [-0.15, -0.1) is 0 Å². The average molecular weight is 527 g/mol. The number of ether oxygens (including phenoxy) is 2. The van der Waals surface area contributed by atoms with Crippen molar-refractivity contribution in [2.24, 2.45) is 5.92 Å². The van der Waals surface area contributed by atoms with Crippen molar-refractivity contribution in [1.82, 2.24) is 5.32 Å². The SMILES string of the molecule is CS(=O)(=O)Nc1cc(OC[C@H](O)CNCC2CCc3ccc(O)cc3C2)ccc1OCc1ccccc1. The fourth-order valence-corrected chi connectivity index (χ4v) is 5.00. The largest absolute Gasteiger partial charge is 0.508 e. The highest BCUT2D eigenvalue weighted by Gasteiger charge is 2.19. The van der Waals surface area contributed by atoms with Gasteiger partial charge in [0.1, 0.15) is 36.6 Å². The maximum Gasteiger partial charge on any atom is 0.229 e. The molecule has 0 saturated heterocycles. The van der Waals surface area contributed by atoms with Gasteiger partial charge in [-0.3, -0.25) is 4.72 Å². The van der Waals surface area contributed by atoms with Crippen molar-refractivity contribution < 1.29 is 28.1 Å². The molecule has 0 saturated carbocycles. The van der Waals surface area contributed by atoms with Crippen LogP contribution in [-0.2, 0) is 29.5 Å². The summed E-state index contributed by atoms with van der Waals surface area (Å²) >= 11 is 0. The molecule has 4 N–H and O–H groups in total. The summed E-state index contributed by atoms with van der Waals surface area (Å²) in [6, 6.07) is 20.0. The number of rotatable bonds is 12. The highest BCUT2D eigenvalue weighted by Crippen LogP contribution is 2.31. The lowest BCUT2D eigenvalue weighted by atomic mass is 9.84. The molecule has 3 aromatic rings. The van der Waals surface area contributed by atoms with Crippen molar-refractivity contribution in [3.05, 3.63) is 83.4 Å². The van der Waals surface area contributed by atoms with Crippen LogP contribution in [-0.4, -0.2) is 50.7 Å². The first-order valence-electron chi connectivity index (χ1n) is 12.4. The number of phenolic OH excluding ortho intramolecular Hbond substituents is 1. The summed E-state index contributed by atoms with van der Waals surface area (Å²) in [5.74, 6) is 1.54. The summed E-state index contributed by atoms with van der Waals surface area (Å²) in [6.45, 7) is 1.48. The minimum Gasteiger partial charge on any atom is -0.508 e. The van der Waals surface area contributed by atoms with Crippen LogP contribution in [0, 0.1) is 5.92 Å². The Bertz CT molecular complexity index is 1280. The van der Waals surface area contributed by atoms with Crippen molar-refractivity contribution in [1.29, 1.82) is 0 Å². The number of aliphatic hydroxyl groups is 1. The van der Waals surface area contributed by atoms with Crippen LogP contribution in [0.3, 0.4) is 0 Å². The molecule has 2 atom stereocenters. The van der Waals surface area contributed by atoms with E-state index in [-0.39, 0.29) is 18.9 Å². The summed E-state index contributed by atoms with van der Waals surface area (Å²) in [5.41, 5.74) is 3.71. The standard InChI is InChI=1S/C28H34N2O6S/c1-37(33,34)30-27-15-26(11-12-28(27)36-18-20-5-3-2-4-6-20)35-19-25(32)17-29-16-21-7-8-22-9-10-24(31)14-23(22)13-21/h2-6,9-12,14-15,21,25,29-32H,7-8,13,16-19H2,1H3/t21?,25-/m1/s1. The van der Waals surface area contributed by atoms with Gasteiger partial charge in [0.05, 0.1) is 11.9 Å². The van der Waals surface area contributed by atoms with Crippen molar-refractivity contribution in [2.45, 2.75) is 32.0 Å². The van der Waals surface area contributed by atoms with Gasteiger partial charge in [-0.1, -0.05) is 36.4 Å². The Morgan fingerprint density at radius 2 is 1.84 bits per heavy atom. The molecule has 9 heteroatoms. The molecule has 0 bridgehead atoms. The van der Waals surface area contributed by atoms with Gasteiger partial charge in [0.2, 0.25) is 10.0 Å². The minimum atomic E-state index is -3.53. The second kappa shape index (κ2) is 12.3. The molecule has 0 aromatic heterocycles. The molecule has 4 rings (SSSR count). The zero-order valence-corrected chi connectivity index (χ0v) is 21.7. The van der Waals surface area contributed by atoms with E-state index >= 15 is 0 Å². The number of hydrogen-bond donors (Lipinski definition) is 4. The van der Waals surface area contributed by atoms with Crippen LogP contribution < -0.4 is 19.5 Å². The Morgan fingerprint density at radius 1 is 1.03 bits per heavy atom. The molecule has 1 aliphatic carbocycles. The molecule has 0 radical (unpaired) electrons. The van der Waals surface area contributed by atoms with E-state index in [0.717, 1.165) is 37.6 Å². The highest BCUT2D eigenvalue weighted by atomic mass is 32.2. The fraction of sp³-hybridized carbons (Fsp3) is 0.357. The topological polar surface area (TPSA) is 117 Å². The number of benzene rings is 3. The molecule has 0 spiro atoms. The van der Waals surface area contributed by atoms with Gasteiger partial charge in [0, 0.05) is 12.6 Å². The molecule has 37 heavy (non-hydrogen) atoms. The number of sulfonamides is 1. The number of aliphatic hydroxyl groups excluding tert-OH is 1. The van der Waals surface area contributed by atoms with Crippen LogP contribution in [0.15, 0.2) is 66.7 Å². The molecule has 8 nitrogen and oxygen atoms in total. The van der Waals surface area contributed by atoms with Crippen molar-refractivity contribution in [3.63, 3.8) is 0 Å². The number of nitrogens with one attached hydrogen (secondary N) is 2. The third-order valence-corrected chi connectivity index (χ3v) is 6.85. The average Bonchev–Trinajstić information content (AvgIpc) is 2.86. The molecular weight excluding hydrogens is 492 g/mol. The molecule has 0 fully saturated rings. The Balaban J connectivity index is 1.26. The number of fused-ring (bicyclic) bond motifs is 1. The summed E-state index contributed by atoms with van der Waals surface area (Å²) in [5, 5.41) is 23.4. The van der Waals surface area contributed by atoms with E-state index in [1.54, 1.807) is 24.3 Å². The Labute approximate surface area is 218 Å². The second-order valence-electron chi connectivity index (χ2n) is 9.49. The van der Waals surface area contributed by atoms with E-state index in [1.807, 2.05) is 42.5 Å². The van der Waals surface area contributed by atoms with Crippen LogP contribution in [0.4, 0.5) is 5.69 Å². The molecule has 0 aliphatic heterocycles. The van der Waals surface area contributed by atoms with E-state index < -0.39 is 16.1 Å². The second-order valence-corrected chi connectivity index (χ2v) is 11.2. The van der Waals surface area contributed by atoms with E-state index in [4.69, 9.17) is 9.47 Å². The normalized spacial score (nSPS) is 16.0. The number of hydrogen-bond acceptors (Lipinski definition) is 7. The zero-order chi connectivity index (χ0) is 26.3.